The normalized spacial score (nSPS) is 15.2. The number of halogens is 3. The van der Waals surface area contributed by atoms with Gasteiger partial charge < -0.3 is 9.73 Å². The highest BCUT2D eigenvalue weighted by Gasteiger charge is 2.32. The van der Waals surface area contributed by atoms with Gasteiger partial charge in [0.1, 0.15) is 11.3 Å². The van der Waals surface area contributed by atoms with Crippen LogP contribution >= 0.6 is 0 Å². The van der Waals surface area contributed by atoms with Gasteiger partial charge in [0.25, 0.3) is 0 Å². The minimum Gasteiger partial charge on any atom is -0.459 e. The van der Waals surface area contributed by atoms with Gasteiger partial charge in [0.15, 0.2) is 0 Å². The predicted octanol–water partition coefficient (Wildman–Crippen LogP) is 3.93. The van der Waals surface area contributed by atoms with Gasteiger partial charge >= 0.3 is 6.18 Å². The number of hydrogen-bond donors (Lipinski definition) is 1. The van der Waals surface area contributed by atoms with E-state index in [4.69, 9.17) is 4.42 Å². The molecule has 0 bridgehead atoms. The van der Waals surface area contributed by atoms with Crippen LogP contribution in [0.5, 0.6) is 0 Å². The molecule has 0 aliphatic carbocycles. The van der Waals surface area contributed by atoms with Crippen molar-refractivity contribution in [3.05, 3.63) is 59.4 Å². The van der Waals surface area contributed by atoms with Gasteiger partial charge in [-0.3, -0.25) is 0 Å². The van der Waals surface area contributed by atoms with Gasteiger partial charge in [0, 0.05) is 10.9 Å². The minimum absolute atomic E-state index is 0.0496. The summed E-state index contributed by atoms with van der Waals surface area (Å²) in [5, 5.41) is 3.86. The van der Waals surface area contributed by atoms with Crippen LogP contribution in [0.1, 0.15) is 16.9 Å². The second kappa shape index (κ2) is 5.85. The van der Waals surface area contributed by atoms with E-state index < -0.39 is 21.6 Å². The maximum Gasteiger partial charge on any atom is 0.416 e. The van der Waals surface area contributed by atoms with Crippen LogP contribution < -0.4 is 5.32 Å². The minimum atomic E-state index is -4.61. The van der Waals surface area contributed by atoms with Crippen molar-refractivity contribution in [2.45, 2.75) is 28.9 Å². The zero-order chi connectivity index (χ0) is 18.5. The predicted molar refractivity (Wildman–Crippen MR) is 88.5 cm³/mol. The van der Waals surface area contributed by atoms with E-state index in [2.05, 4.69) is 5.32 Å². The Bertz CT molecular complexity index is 1100. The van der Waals surface area contributed by atoms with Gasteiger partial charge in [-0.15, -0.1) is 0 Å². The highest BCUT2D eigenvalue weighted by molar-refractivity contribution is 7.91. The van der Waals surface area contributed by atoms with Crippen LogP contribution in [0.3, 0.4) is 0 Å². The van der Waals surface area contributed by atoms with Crippen LogP contribution in [-0.2, 0) is 29.0 Å². The fourth-order valence-electron chi connectivity index (χ4n) is 3.15. The van der Waals surface area contributed by atoms with Crippen LogP contribution in [0.2, 0.25) is 0 Å². The quantitative estimate of drug-likeness (QED) is 0.731. The molecule has 4 nitrogen and oxygen atoms in total. The van der Waals surface area contributed by atoms with Crippen molar-refractivity contribution in [2.24, 2.45) is 0 Å². The van der Waals surface area contributed by atoms with E-state index in [1.165, 1.54) is 18.2 Å². The molecular formula is C18H14F3NO3S. The Morgan fingerprint density at radius 2 is 1.81 bits per heavy atom. The van der Waals surface area contributed by atoms with Gasteiger partial charge in [-0.25, -0.2) is 8.42 Å². The fraction of sp³-hybridized carbons (Fsp3) is 0.222. The molecular weight excluding hydrogens is 367 g/mol. The lowest BCUT2D eigenvalue weighted by molar-refractivity contribution is -0.137. The molecule has 4 rings (SSSR count). The first-order valence-electron chi connectivity index (χ1n) is 7.94. The van der Waals surface area contributed by atoms with Gasteiger partial charge in [0.2, 0.25) is 9.84 Å². The molecule has 0 fully saturated rings. The van der Waals surface area contributed by atoms with E-state index in [-0.39, 0.29) is 9.79 Å². The van der Waals surface area contributed by atoms with E-state index in [1.54, 1.807) is 6.07 Å². The molecule has 8 heteroatoms. The van der Waals surface area contributed by atoms with Crippen molar-refractivity contribution < 1.29 is 26.0 Å². The Kier molecular flexibility index (Phi) is 3.85. The van der Waals surface area contributed by atoms with Crippen molar-refractivity contribution in [3.8, 4) is 0 Å². The molecule has 0 amide bonds. The first-order chi connectivity index (χ1) is 12.3. The molecule has 26 heavy (non-hydrogen) atoms. The molecule has 0 unspecified atom stereocenters. The third-order valence-corrected chi connectivity index (χ3v) is 6.21. The summed E-state index contributed by atoms with van der Waals surface area (Å²) in [6, 6.07) is 8.17. The van der Waals surface area contributed by atoms with Crippen LogP contribution in [-0.4, -0.2) is 15.0 Å². The summed E-state index contributed by atoms with van der Waals surface area (Å²) >= 11 is 0. The van der Waals surface area contributed by atoms with E-state index in [9.17, 15) is 21.6 Å². The summed E-state index contributed by atoms with van der Waals surface area (Å²) in [5.41, 5.74) is 0.521. The third-order valence-electron chi connectivity index (χ3n) is 4.47. The SMILES string of the molecule is O=S(=O)(c1cccc(C(F)(F)F)c1)c1ccc2oc3c(c2c1)CCNC3. The van der Waals surface area contributed by atoms with E-state index in [0.29, 0.717) is 30.0 Å². The van der Waals surface area contributed by atoms with Crippen molar-refractivity contribution in [1.82, 2.24) is 5.32 Å². The number of hydrogen-bond acceptors (Lipinski definition) is 4. The maximum absolute atomic E-state index is 12.9. The molecule has 0 saturated heterocycles. The van der Waals surface area contributed by atoms with E-state index in [0.717, 1.165) is 30.0 Å². The third kappa shape index (κ3) is 2.79. The summed E-state index contributed by atoms with van der Waals surface area (Å²) in [7, 11) is -4.07. The van der Waals surface area contributed by atoms with E-state index >= 15 is 0 Å². The highest BCUT2D eigenvalue weighted by Crippen LogP contribution is 2.34. The Hall–Kier alpha value is -2.32. The van der Waals surface area contributed by atoms with Crippen molar-refractivity contribution in [1.29, 1.82) is 0 Å². The zero-order valence-corrected chi connectivity index (χ0v) is 14.2. The van der Waals surface area contributed by atoms with Crippen molar-refractivity contribution in [2.75, 3.05) is 6.54 Å². The molecule has 3 aromatic rings. The lowest BCUT2D eigenvalue weighted by Crippen LogP contribution is -2.22. The largest absolute Gasteiger partial charge is 0.459 e. The molecule has 2 heterocycles. The molecule has 0 atom stereocenters. The van der Waals surface area contributed by atoms with Gasteiger partial charge in [-0.1, -0.05) is 6.07 Å². The van der Waals surface area contributed by atoms with Gasteiger partial charge in [-0.2, -0.15) is 13.2 Å². The molecule has 1 aromatic heterocycles. The van der Waals surface area contributed by atoms with Crippen LogP contribution in [0, 0.1) is 0 Å². The summed E-state index contributed by atoms with van der Waals surface area (Å²) in [4.78, 5) is -0.433. The average Bonchev–Trinajstić information content (AvgIpc) is 2.99. The summed E-state index contributed by atoms with van der Waals surface area (Å²) in [5.74, 6) is 0.764. The second-order valence-corrected chi connectivity index (χ2v) is 8.07. The number of benzene rings is 2. The summed E-state index contributed by atoms with van der Waals surface area (Å²) < 4.78 is 70.1. The molecule has 1 aliphatic rings. The standard InChI is InChI=1S/C18H14F3NO3S/c19-18(20,21)11-2-1-3-12(8-11)26(23,24)13-4-5-16-15(9-13)14-6-7-22-10-17(14)25-16/h1-5,8-9,22H,6-7,10H2. The maximum atomic E-state index is 12.9. The molecule has 1 aliphatic heterocycles. The number of furan rings is 1. The molecule has 1 N–H and O–H groups in total. The average molecular weight is 381 g/mol. The number of sulfone groups is 1. The van der Waals surface area contributed by atoms with Crippen LogP contribution in [0.15, 0.2) is 56.7 Å². The van der Waals surface area contributed by atoms with Gasteiger partial charge in [-0.05, 0) is 49.4 Å². The Morgan fingerprint density at radius 3 is 2.58 bits per heavy atom. The lowest BCUT2D eigenvalue weighted by atomic mass is 10.1. The molecule has 2 aromatic carbocycles. The zero-order valence-electron chi connectivity index (χ0n) is 13.4. The number of nitrogens with one attached hydrogen (secondary N) is 1. The Balaban J connectivity index is 1.84. The van der Waals surface area contributed by atoms with E-state index in [1.807, 2.05) is 0 Å². The molecule has 0 saturated carbocycles. The lowest BCUT2D eigenvalue weighted by Gasteiger charge is -2.11. The molecule has 0 radical (unpaired) electrons. The number of fused-ring (bicyclic) bond motifs is 3. The summed E-state index contributed by atoms with van der Waals surface area (Å²) in [6.45, 7) is 1.33. The van der Waals surface area contributed by atoms with Crippen LogP contribution in [0.4, 0.5) is 13.2 Å². The molecule has 0 spiro atoms. The van der Waals surface area contributed by atoms with Crippen molar-refractivity contribution in [3.63, 3.8) is 0 Å². The highest BCUT2D eigenvalue weighted by atomic mass is 32.2. The van der Waals surface area contributed by atoms with Gasteiger partial charge in [0.05, 0.1) is 21.9 Å². The molecule has 136 valence electrons. The Labute approximate surface area is 147 Å². The second-order valence-electron chi connectivity index (χ2n) is 6.12. The first-order valence-corrected chi connectivity index (χ1v) is 9.42. The summed E-state index contributed by atoms with van der Waals surface area (Å²) in [6.07, 6.45) is -3.90. The van der Waals surface area contributed by atoms with Crippen molar-refractivity contribution >= 4 is 20.8 Å². The smallest absolute Gasteiger partial charge is 0.416 e. The topological polar surface area (TPSA) is 59.3 Å². The monoisotopic (exact) mass is 381 g/mol. The van der Waals surface area contributed by atoms with Crippen LogP contribution in [0.25, 0.3) is 11.0 Å². The fourth-order valence-corrected chi connectivity index (χ4v) is 4.49. The number of rotatable bonds is 2. The first kappa shape index (κ1) is 17.1. The number of alkyl halides is 3. The Morgan fingerprint density at radius 1 is 1.04 bits per heavy atom.